The van der Waals surface area contributed by atoms with Crippen molar-refractivity contribution < 1.29 is 4.79 Å². The van der Waals surface area contributed by atoms with E-state index < -0.39 is 0 Å². The highest BCUT2D eigenvalue weighted by Crippen LogP contribution is 2.19. The molecule has 2 heterocycles. The molecule has 0 bridgehead atoms. The van der Waals surface area contributed by atoms with Crippen molar-refractivity contribution in [1.29, 1.82) is 0 Å². The van der Waals surface area contributed by atoms with Crippen LogP contribution in [0.4, 0.5) is 0 Å². The van der Waals surface area contributed by atoms with Gasteiger partial charge in [-0.1, -0.05) is 23.8 Å². The lowest BCUT2D eigenvalue weighted by atomic mass is 10.0. The number of fused-ring (bicyclic) bond motifs is 1. The third-order valence-electron chi connectivity index (χ3n) is 3.85. The van der Waals surface area contributed by atoms with Crippen LogP contribution >= 0.6 is 0 Å². The van der Waals surface area contributed by atoms with E-state index in [0.29, 0.717) is 11.5 Å². The summed E-state index contributed by atoms with van der Waals surface area (Å²) >= 11 is 0. The Hall–Kier alpha value is -2.76. The summed E-state index contributed by atoms with van der Waals surface area (Å²) in [4.78, 5) is 20.9. The van der Waals surface area contributed by atoms with Gasteiger partial charge in [0.2, 0.25) is 0 Å². The molecule has 118 valence electrons. The summed E-state index contributed by atoms with van der Waals surface area (Å²) < 4.78 is 1.46. The van der Waals surface area contributed by atoms with Crippen LogP contribution in [0.3, 0.4) is 0 Å². The Kier molecular flexibility index (Phi) is 3.82. The zero-order chi connectivity index (χ0) is 16.6. The molecule has 1 N–H and O–H groups in total. The van der Waals surface area contributed by atoms with E-state index in [1.807, 2.05) is 13.8 Å². The number of aromatic nitrogens is 4. The first-order chi connectivity index (χ1) is 11.0. The lowest BCUT2D eigenvalue weighted by Gasteiger charge is -2.17. The number of benzene rings is 1. The van der Waals surface area contributed by atoms with Crippen LogP contribution in [-0.4, -0.2) is 25.5 Å². The smallest absolute Gasteiger partial charge is 0.270 e. The average molecular weight is 309 g/mol. The zero-order valence-corrected chi connectivity index (χ0v) is 13.7. The molecule has 23 heavy (non-hydrogen) atoms. The Labute approximate surface area is 134 Å². The molecule has 3 rings (SSSR count). The molecule has 0 spiro atoms. The van der Waals surface area contributed by atoms with Gasteiger partial charge in [-0.05, 0) is 44.9 Å². The molecule has 6 heteroatoms. The SMILES string of the molecule is Cc1ccc(C(C)NC(=O)c2cc(C)nc3ncnn23)c(C)c1. The van der Waals surface area contributed by atoms with Gasteiger partial charge in [0, 0.05) is 5.69 Å². The van der Waals surface area contributed by atoms with Crippen molar-refractivity contribution in [2.75, 3.05) is 0 Å². The van der Waals surface area contributed by atoms with Gasteiger partial charge in [-0.3, -0.25) is 4.79 Å². The second-order valence-electron chi connectivity index (χ2n) is 5.81. The summed E-state index contributed by atoms with van der Waals surface area (Å²) in [5.41, 5.74) is 4.63. The first-order valence-electron chi connectivity index (χ1n) is 7.51. The van der Waals surface area contributed by atoms with E-state index in [9.17, 15) is 4.79 Å². The van der Waals surface area contributed by atoms with Crippen molar-refractivity contribution >= 4 is 11.7 Å². The van der Waals surface area contributed by atoms with Crippen LogP contribution in [0.25, 0.3) is 5.78 Å². The fourth-order valence-corrected chi connectivity index (χ4v) is 2.75. The van der Waals surface area contributed by atoms with E-state index in [1.165, 1.54) is 16.4 Å². The van der Waals surface area contributed by atoms with Crippen LogP contribution in [0.5, 0.6) is 0 Å². The van der Waals surface area contributed by atoms with Crippen molar-refractivity contribution in [2.45, 2.75) is 33.7 Å². The van der Waals surface area contributed by atoms with E-state index in [-0.39, 0.29) is 11.9 Å². The lowest BCUT2D eigenvalue weighted by molar-refractivity contribution is 0.0932. The Balaban J connectivity index is 1.89. The maximum absolute atomic E-state index is 12.6. The van der Waals surface area contributed by atoms with Crippen LogP contribution in [0.1, 0.15) is 45.8 Å². The fraction of sp³-hybridized carbons (Fsp3) is 0.294. The topological polar surface area (TPSA) is 72.2 Å². The van der Waals surface area contributed by atoms with Crippen LogP contribution in [0.2, 0.25) is 0 Å². The molecule has 1 amide bonds. The van der Waals surface area contributed by atoms with Crippen molar-refractivity contribution in [3.63, 3.8) is 0 Å². The molecule has 0 aliphatic heterocycles. The number of nitrogens with zero attached hydrogens (tertiary/aromatic N) is 4. The number of nitrogens with one attached hydrogen (secondary N) is 1. The zero-order valence-electron chi connectivity index (χ0n) is 13.7. The number of hydrogen-bond acceptors (Lipinski definition) is 4. The summed E-state index contributed by atoms with van der Waals surface area (Å²) in [6.07, 6.45) is 1.39. The minimum absolute atomic E-state index is 0.102. The molecule has 0 aliphatic rings. The number of carbonyl (C=O) groups excluding carboxylic acids is 1. The van der Waals surface area contributed by atoms with E-state index in [4.69, 9.17) is 0 Å². The monoisotopic (exact) mass is 309 g/mol. The van der Waals surface area contributed by atoms with Gasteiger partial charge in [-0.15, -0.1) is 0 Å². The molecule has 0 saturated heterocycles. The molecular weight excluding hydrogens is 290 g/mol. The first kappa shape index (κ1) is 15.1. The maximum atomic E-state index is 12.6. The molecule has 0 saturated carbocycles. The molecule has 2 aromatic heterocycles. The molecule has 0 aliphatic carbocycles. The second kappa shape index (κ2) is 5.79. The Morgan fingerprint density at radius 2 is 2.00 bits per heavy atom. The largest absolute Gasteiger partial charge is 0.344 e. The van der Waals surface area contributed by atoms with Crippen molar-refractivity contribution in [3.05, 3.63) is 58.7 Å². The van der Waals surface area contributed by atoms with Gasteiger partial charge in [-0.2, -0.15) is 14.6 Å². The van der Waals surface area contributed by atoms with E-state index in [0.717, 1.165) is 16.8 Å². The quantitative estimate of drug-likeness (QED) is 0.807. The Morgan fingerprint density at radius 1 is 1.22 bits per heavy atom. The molecule has 3 aromatic rings. The fourth-order valence-electron chi connectivity index (χ4n) is 2.75. The second-order valence-corrected chi connectivity index (χ2v) is 5.81. The maximum Gasteiger partial charge on any atom is 0.270 e. The molecular formula is C17H19N5O. The van der Waals surface area contributed by atoms with E-state index in [1.54, 1.807) is 6.07 Å². The highest BCUT2D eigenvalue weighted by Gasteiger charge is 2.17. The third-order valence-corrected chi connectivity index (χ3v) is 3.85. The molecule has 0 radical (unpaired) electrons. The highest BCUT2D eigenvalue weighted by atomic mass is 16.2. The van der Waals surface area contributed by atoms with Gasteiger partial charge >= 0.3 is 0 Å². The minimum atomic E-state index is -0.196. The highest BCUT2D eigenvalue weighted by molar-refractivity contribution is 5.93. The van der Waals surface area contributed by atoms with Crippen LogP contribution < -0.4 is 5.32 Å². The van der Waals surface area contributed by atoms with Crippen molar-refractivity contribution in [2.24, 2.45) is 0 Å². The first-order valence-corrected chi connectivity index (χ1v) is 7.51. The number of carbonyl (C=O) groups is 1. The van der Waals surface area contributed by atoms with E-state index >= 15 is 0 Å². The lowest BCUT2D eigenvalue weighted by Crippen LogP contribution is -2.29. The minimum Gasteiger partial charge on any atom is -0.344 e. The van der Waals surface area contributed by atoms with Crippen LogP contribution in [0, 0.1) is 20.8 Å². The molecule has 1 aromatic carbocycles. The van der Waals surface area contributed by atoms with Crippen molar-refractivity contribution in [3.8, 4) is 0 Å². The van der Waals surface area contributed by atoms with Crippen LogP contribution in [-0.2, 0) is 0 Å². The molecule has 6 nitrogen and oxygen atoms in total. The van der Waals surface area contributed by atoms with Gasteiger partial charge in [0.05, 0.1) is 6.04 Å². The van der Waals surface area contributed by atoms with Crippen LogP contribution in [0.15, 0.2) is 30.6 Å². The number of rotatable bonds is 3. The summed E-state index contributed by atoms with van der Waals surface area (Å²) in [5, 5.41) is 7.10. The van der Waals surface area contributed by atoms with Gasteiger partial charge in [0.25, 0.3) is 11.7 Å². The molecule has 1 unspecified atom stereocenters. The summed E-state index contributed by atoms with van der Waals surface area (Å²) in [7, 11) is 0. The third kappa shape index (κ3) is 2.92. The number of amides is 1. The summed E-state index contributed by atoms with van der Waals surface area (Å²) in [6, 6.07) is 7.83. The summed E-state index contributed by atoms with van der Waals surface area (Å²) in [5.74, 6) is 0.229. The van der Waals surface area contributed by atoms with E-state index in [2.05, 4.69) is 52.4 Å². The van der Waals surface area contributed by atoms with Crippen molar-refractivity contribution in [1.82, 2.24) is 24.9 Å². The summed E-state index contributed by atoms with van der Waals surface area (Å²) in [6.45, 7) is 7.92. The van der Waals surface area contributed by atoms with Gasteiger partial charge in [-0.25, -0.2) is 4.98 Å². The Bertz CT molecular complexity index is 884. The average Bonchev–Trinajstić information content (AvgIpc) is 2.93. The standard InChI is InChI=1S/C17H19N5O/c1-10-5-6-14(11(2)7-10)13(4)21-16(23)15-8-12(3)20-17-18-9-19-22(15)17/h5-9,13H,1-4H3,(H,21,23). The normalized spacial score (nSPS) is 12.3. The van der Waals surface area contributed by atoms with Gasteiger partial charge in [0.15, 0.2) is 0 Å². The van der Waals surface area contributed by atoms with Gasteiger partial charge < -0.3 is 5.32 Å². The number of aryl methyl sites for hydroxylation is 3. The number of hydrogen-bond donors (Lipinski definition) is 1. The Morgan fingerprint density at radius 3 is 2.74 bits per heavy atom. The predicted octanol–water partition coefficient (Wildman–Crippen LogP) is 2.54. The van der Waals surface area contributed by atoms with Gasteiger partial charge in [0.1, 0.15) is 12.0 Å². The predicted molar refractivity (Wildman–Crippen MR) is 87.3 cm³/mol. The molecule has 0 fully saturated rings. The molecule has 1 atom stereocenters.